The number of nitrogens with zero attached hydrogens (tertiary/aromatic N) is 1. The van der Waals surface area contributed by atoms with Crippen LogP contribution in [-0.2, 0) is 11.2 Å². The van der Waals surface area contributed by atoms with Gasteiger partial charge in [0.2, 0.25) is 5.91 Å². The minimum absolute atomic E-state index is 0.0990. The zero-order valence-electron chi connectivity index (χ0n) is 19.0. The van der Waals surface area contributed by atoms with Gasteiger partial charge in [0.05, 0.1) is 18.0 Å². The average molecular weight is 443 g/mol. The number of piperidine rings is 1. The second-order valence-electron chi connectivity index (χ2n) is 8.70. The van der Waals surface area contributed by atoms with Gasteiger partial charge in [0, 0.05) is 24.3 Å². The van der Waals surface area contributed by atoms with Crippen LogP contribution in [0.1, 0.15) is 57.9 Å². The van der Waals surface area contributed by atoms with Crippen molar-refractivity contribution >= 4 is 17.6 Å². The van der Waals surface area contributed by atoms with Crippen molar-refractivity contribution in [3.8, 4) is 0 Å². The zero-order valence-corrected chi connectivity index (χ0v) is 19.0. The zero-order chi connectivity index (χ0) is 23.2. The number of carboxylic acid groups (broad SMARTS) is 1. The van der Waals surface area contributed by atoms with Gasteiger partial charge in [-0.25, -0.2) is 4.79 Å². The summed E-state index contributed by atoms with van der Waals surface area (Å²) < 4.78 is 0. The van der Waals surface area contributed by atoms with E-state index < -0.39 is 5.97 Å². The lowest BCUT2D eigenvalue weighted by Crippen LogP contribution is -2.34. The van der Waals surface area contributed by atoms with E-state index in [1.54, 1.807) is 12.1 Å². The van der Waals surface area contributed by atoms with E-state index in [0.29, 0.717) is 0 Å². The first-order valence-corrected chi connectivity index (χ1v) is 11.5. The second-order valence-corrected chi connectivity index (χ2v) is 8.70. The van der Waals surface area contributed by atoms with Crippen LogP contribution in [0.4, 0.5) is 5.69 Å². The fourth-order valence-corrected chi connectivity index (χ4v) is 4.51. The van der Waals surface area contributed by atoms with Crippen LogP contribution in [0.15, 0.2) is 72.8 Å². The van der Waals surface area contributed by atoms with Crippen molar-refractivity contribution in [1.82, 2.24) is 5.32 Å². The average Bonchev–Trinajstić information content (AvgIpc) is 2.83. The highest BCUT2D eigenvalue weighted by atomic mass is 16.4. The molecule has 33 heavy (non-hydrogen) atoms. The summed E-state index contributed by atoms with van der Waals surface area (Å²) in [5.74, 6) is -1.07. The summed E-state index contributed by atoms with van der Waals surface area (Å²) in [6.07, 6.45) is 3.82. The number of carboxylic acids is 1. The molecule has 0 saturated carbocycles. The van der Waals surface area contributed by atoms with Gasteiger partial charge >= 0.3 is 5.97 Å². The number of carbonyl (C=O) groups excluding carboxylic acids is 1. The SMILES string of the molecule is Cc1cccc(C(NC(=O)Cc2ccc(C(=O)O)cc2)c2ccccc2N2CCCCC2)c1. The molecule has 1 aliphatic rings. The highest BCUT2D eigenvalue weighted by molar-refractivity contribution is 5.88. The molecule has 3 aromatic rings. The van der Waals surface area contributed by atoms with Gasteiger partial charge in [-0.15, -0.1) is 0 Å². The molecule has 1 unspecified atom stereocenters. The number of aryl methyl sites for hydroxylation is 1. The van der Waals surface area contributed by atoms with Gasteiger partial charge in [-0.2, -0.15) is 0 Å². The Morgan fingerprint density at radius 2 is 1.67 bits per heavy atom. The Bertz CT molecular complexity index is 1120. The van der Waals surface area contributed by atoms with Crippen LogP contribution in [0, 0.1) is 6.92 Å². The summed E-state index contributed by atoms with van der Waals surface area (Å²) in [5, 5.41) is 12.4. The van der Waals surface area contributed by atoms with Crippen LogP contribution < -0.4 is 10.2 Å². The van der Waals surface area contributed by atoms with Crippen LogP contribution in [0.5, 0.6) is 0 Å². The largest absolute Gasteiger partial charge is 0.478 e. The first kappa shape index (κ1) is 22.6. The van der Waals surface area contributed by atoms with Crippen molar-refractivity contribution in [3.05, 3.63) is 101 Å². The monoisotopic (exact) mass is 442 g/mol. The van der Waals surface area contributed by atoms with Crippen molar-refractivity contribution in [2.45, 2.75) is 38.6 Å². The third kappa shape index (κ3) is 5.61. The highest BCUT2D eigenvalue weighted by Crippen LogP contribution is 2.33. The second kappa shape index (κ2) is 10.3. The van der Waals surface area contributed by atoms with Gasteiger partial charge in [0.1, 0.15) is 0 Å². The Morgan fingerprint density at radius 3 is 2.36 bits per heavy atom. The molecule has 170 valence electrons. The molecule has 1 saturated heterocycles. The summed E-state index contributed by atoms with van der Waals surface area (Å²) in [7, 11) is 0. The first-order valence-electron chi connectivity index (χ1n) is 11.5. The van der Waals surface area contributed by atoms with Gasteiger partial charge in [-0.05, 0) is 55.5 Å². The molecule has 0 aliphatic carbocycles. The number of rotatable bonds is 7. The maximum Gasteiger partial charge on any atom is 0.335 e. The number of hydrogen-bond donors (Lipinski definition) is 2. The van der Waals surface area contributed by atoms with Gasteiger partial charge in [0.25, 0.3) is 0 Å². The molecule has 0 bridgehead atoms. The summed E-state index contributed by atoms with van der Waals surface area (Å²) in [6.45, 7) is 4.12. The Labute approximate surface area is 195 Å². The van der Waals surface area contributed by atoms with E-state index in [4.69, 9.17) is 5.11 Å². The summed E-state index contributed by atoms with van der Waals surface area (Å²) in [5.41, 5.74) is 5.46. The van der Waals surface area contributed by atoms with Crippen molar-refractivity contribution in [1.29, 1.82) is 0 Å². The van der Waals surface area contributed by atoms with Crippen LogP contribution in [0.3, 0.4) is 0 Å². The summed E-state index contributed by atoms with van der Waals surface area (Å²) in [6, 6.07) is 22.8. The van der Waals surface area contributed by atoms with Crippen LogP contribution >= 0.6 is 0 Å². The van der Waals surface area contributed by atoms with E-state index in [2.05, 4.69) is 53.5 Å². The molecule has 5 heteroatoms. The number of anilines is 1. The molecule has 1 atom stereocenters. The van der Waals surface area contributed by atoms with Crippen molar-refractivity contribution < 1.29 is 14.7 Å². The molecule has 5 nitrogen and oxygen atoms in total. The molecule has 4 rings (SSSR count). The quantitative estimate of drug-likeness (QED) is 0.532. The number of para-hydroxylation sites is 1. The normalized spacial score (nSPS) is 14.5. The molecule has 3 aromatic carbocycles. The van der Waals surface area contributed by atoms with E-state index in [1.165, 1.54) is 37.1 Å². The van der Waals surface area contributed by atoms with Crippen LogP contribution in [0.2, 0.25) is 0 Å². The lowest BCUT2D eigenvalue weighted by Gasteiger charge is -2.33. The molecular weight excluding hydrogens is 412 g/mol. The number of aromatic carboxylic acids is 1. The van der Waals surface area contributed by atoms with Gasteiger partial charge in [-0.1, -0.05) is 60.2 Å². The van der Waals surface area contributed by atoms with Crippen molar-refractivity contribution in [2.75, 3.05) is 18.0 Å². The fourth-order valence-electron chi connectivity index (χ4n) is 4.51. The van der Waals surface area contributed by atoms with E-state index in [1.807, 2.05) is 12.1 Å². The fraction of sp³-hybridized carbons (Fsp3) is 0.286. The topological polar surface area (TPSA) is 69.6 Å². The van der Waals surface area contributed by atoms with Crippen molar-refractivity contribution in [3.63, 3.8) is 0 Å². The summed E-state index contributed by atoms with van der Waals surface area (Å²) >= 11 is 0. The van der Waals surface area contributed by atoms with Crippen LogP contribution in [0.25, 0.3) is 0 Å². The van der Waals surface area contributed by atoms with Crippen molar-refractivity contribution in [2.24, 2.45) is 0 Å². The number of benzene rings is 3. The van der Waals surface area contributed by atoms with Crippen LogP contribution in [-0.4, -0.2) is 30.1 Å². The van der Waals surface area contributed by atoms with Gasteiger partial charge in [-0.3, -0.25) is 4.79 Å². The highest BCUT2D eigenvalue weighted by Gasteiger charge is 2.23. The number of amides is 1. The van der Waals surface area contributed by atoms with Gasteiger partial charge in [0.15, 0.2) is 0 Å². The predicted octanol–water partition coefficient (Wildman–Crippen LogP) is 5.13. The minimum Gasteiger partial charge on any atom is -0.478 e. The Balaban J connectivity index is 1.62. The Morgan fingerprint density at radius 1 is 0.939 bits per heavy atom. The van der Waals surface area contributed by atoms with E-state index in [0.717, 1.165) is 35.3 Å². The molecule has 2 N–H and O–H groups in total. The number of carbonyl (C=O) groups is 2. The standard InChI is InChI=1S/C28H30N2O3/c1-20-8-7-9-23(18-20)27(24-10-3-4-11-25(24)30-16-5-2-6-17-30)29-26(31)19-21-12-14-22(15-13-21)28(32)33/h3-4,7-15,18,27H,2,5-6,16-17,19H2,1H3,(H,29,31)(H,32,33). The number of hydrogen-bond acceptors (Lipinski definition) is 3. The molecule has 1 amide bonds. The summed E-state index contributed by atoms with van der Waals surface area (Å²) in [4.78, 5) is 26.6. The maximum absolute atomic E-state index is 13.1. The molecule has 1 fully saturated rings. The van der Waals surface area contributed by atoms with E-state index >= 15 is 0 Å². The van der Waals surface area contributed by atoms with E-state index in [-0.39, 0.29) is 23.9 Å². The predicted molar refractivity (Wildman–Crippen MR) is 131 cm³/mol. The smallest absolute Gasteiger partial charge is 0.335 e. The Hall–Kier alpha value is -3.60. The lowest BCUT2D eigenvalue weighted by molar-refractivity contribution is -0.120. The first-order chi connectivity index (χ1) is 16.0. The minimum atomic E-state index is -0.972. The molecule has 1 aliphatic heterocycles. The third-order valence-electron chi connectivity index (χ3n) is 6.19. The molecule has 0 radical (unpaired) electrons. The number of nitrogens with one attached hydrogen (secondary N) is 1. The Kier molecular flexibility index (Phi) is 7.08. The molecular formula is C28H30N2O3. The van der Waals surface area contributed by atoms with Gasteiger partial charge < -0.3 is 15.3 Å². The third-order valence-corrected chi connectivity index (χ3v) is 6.19. The molecule has 0 aromatic heterocycles. The maximum atomic E-state index is 13.1. The van der Waals surface area contributed by atoms with E-state index in [9.17, 15) is 9.59 Å². The molecule has 0 spiro atoms. The molecule has 1 heterocycles. The lowest BCUT2D eigenvalue weighted by atomic mass is 9.94.